The highest BCUT2D eigenvalue weighted by Crippen LogP contribution is 2.33. The molecule has 0 spiro atoms. The summed E-state index contributed by atoms with van der Waals surface area (Å²) in [6, 6.07) is 0. The lowest BCUT2D eigenvalue weighted by Gasteiger charge is -2.10. The molecule has 0 bridgehead atoms. The van der Waals surface area contributed by atoms with Gasteiger partial charge in [0.15, 0.2) is 0 Å². The first kappa shape index (κ1) is 10.1. The Hall–Kier alpha value is -1.39. The molecule has 1 saturated carbocycles. The maximum atomic E-state index is 10.7. The van der Waals surface area contributed by atoms with E-state index in [0.717, 1.165) is 18.7 Å². The van der Waals surface area contributed by atoms with Crippen molar-refractivity contribution in [3.63, 3.8) is 0 Å². The summed E-state index contributed by atoms with van der Waals surface area (Å²) in [5.41, 5.74) is 0. The smallest absolute Gasteiger partial charge is 0.323 e. The first-order chi connectivity index (χ1) is 7.18. The summed E-state index contributed by atoms with van der Waals surface area (Å²) in [5.74, 6) is 1.12. The monoisotopic (exact) mass is 209 g/mol. The minimum Gasteiger partial charge on any atom is -0.480 e. The fourth-order valence-electron chi connectivity index (χ4n) is 2.21. The van der Waals surface area contributed by atoms with Crippen molar-refractivity contribution < 1.29 is 9.90 Å². The van der Waals surface area contributed by atoms with Gasteiger partial charge >= 0.3 is 5.97 Å². The van der Waals surface area contributed by atoms with Crippen LogP contribution in [0.15, 0.2) is 0 Å². The summed E-state index contributed by atoms with van der Waals surface area (Å²) < 4.78 is 1.72. The number of carboxylic acids is 1. The Bertz CT molecular complexity index is 367. The fourth-order valence-corrected chi connectivity index (χ4v) is 2.21. The molecule has 0 aromatic carbocycles. The first-order valence-electron chi connectivity index (χ1n) is 5.30. The van der Waals surface area contributed by atoms with E-state index in [2.05, 4.69) is 10.2 Å². The van der Waals surface area contributed by atoms with Crippen molar-refractivity contribution in [2.24, 2.45) is 0 Å². The minimum absolute atomic E-state index is 0.0231. The van der Waals surface area contributed by atoms with Crippen LogP contribution in [0.2, 0.25) is 0 Å². The van der Waals surface area contributed by atoms with Gasteiger partial charge in [0, 0.05) is 5.92 Å². The van der Waals surface area contributed by atoms with Gasteiger partial charge in [0.1, 0.15) is 18.2 Å². The maximum Gasteiger partial charge on any atom is 0.323 e. The Labute approximate surface area is 88.1 Å². The van der Waals surface area contributed by atoms with E-state index >= 15 is 0 Å². The SMILES string of the molecule is Cc1nnc(C2CCCC2)n1CC(=O)O. The van der Waals surface area contributed by atoms with E-state index in [1.54, 1.807) is 11.5 Å². The van der Waals surface area contributed by atoms with Crippen molar-refractivity contribution >= 4 is 5.97 Å². The molecule has 1 fully saturated rings. The number of carbonyl (C=O) groups is 1. The molecule has 1 aromatic rings. The van der Waals surface area contributed by atoms with E-state index in [-0.39, 0.29) is 6.54 Å². The molecule has 2 rings (SSSR count). The van der Waals surface area contributed by atoms with Crippen LogP contribution >= 0.6 is 0 Å². The second kappa shape index (κ2) is 4.00. The highest BCUT2D eigenvalue weighted by Gasteiger charge is 2.24. The van der Waals surface area contributed by atoms with Gasteiger partial charge in [0.25, 0.3) is 0 Å². The number of nitrogens with zero attached hydrogens (tertiary/aromatic N) is 3. The van der Waals surface area contributed by atoms with E-state index < -0.39 is 5.97 Å². The maximum absolute atomic E-state index is 10.7. The van der Waals surface area contributed by atoms with Crippen molar-refractivity contribution in [2.45, 2.75) is 45.1 Å². The van der Waals surface area contributed by atoms with Gasteiger partial charge in [-0.15, -0.1) is 10.2 Å². The molecule has 0 radical (unpaired) electrons. The normalized spacial score (nSPS) is 17.1. The Morgan fingerprint density at radius 1 is 1.47 bits per heavy atom. The van der Waals surface area contributed by atoms with Crippen LogP contribution in [0, 0.1) is 6.92 Å². The van der Waals surface area contributed by atoms with Gasteiger partial charge in [0.05, 0.1) is 0 Å². The van der Waals surface area contributed by atoms with E-state index in [0.29, 0.717) is 11.7 Å². The number of aromatic nitrogens is 3. The van der Waals surface area contributed by atoms with Crippen LogP contribution in [0.1, 0.15) is 43.3 Å². The third-order valence-corrected chi connectivity index (χ3v) is 2.98. The van der Waals surface area contributed by atoms with Crippen LogP contribution in [-0.4, -0.2) is 25.8 Å². The second-order valence-electron chi connectivity index (χ2n) is 4.07. The average molecular weight is 209 g/mol. The zero-order chi connectivity index (χ0) is 10.8. The van der Waals surface area contributed by atoms with Crippen molar-refractivity contribution in [1.82, 2.24) is 14.8 Å². The summed E-state index contributed by atoms with van der Waals surface area (Å²) in [5, 5.41) is 16.9. The number of hydrogen-bond acceptors (Lipinski definition) is 3. The van der Waals surface area contributed by atoms with E-state index in [1.165, 1.54) is 12.8 Å². The third-order valence-electron chi connectivity index (χ3n) is 2.98. The summed E-state index contributed by atoms with van der Waals surface area (Å²) >= 11 is 0. The molecule has 0 atom stereocenters. The molecule has 82 valence electrons. The Balaban J connectivity index is 2.25. The highest BCUT2D eigenvalue weighted by atomic mass is 16.4. The molecule has 15 heavy (non-hydrogen) atoms. The van der Waals surface area contributed by atoms with Crippen LogP contribution in [0.5, 0.6) is 0 Å². The van der Waals surface area contributed by atoms with Crippen LogP contribution in [0.4, 0.5) is 0 Å². The van der Waals surface area contributed by atoms with Gasteiger partial charge in [-0.1, -0.05) is 12.8 Å². The number of hydrogen-bond donors (Lipinski definition) is 1. The number of carboxylic acid groups (broad SMARTS) is 1. The van der Waals surface area contributed by atoms with Crippen molar-refractivity contribution in [2.75, 3.05) is 0 Å². The highest BCUT2D eigenvalue weighted by molar-refractivity contribution is 5.66. The van der Waals surface area contributed by atoms with E-state index in [9.17, 15) is 4.79 Å². The molecule has 0 unspecified atom stereocenters. The van der Waals surface area contributed by atoms with Gasteiger partial charge in [-0.25, -0.2) is 0 Å². The Kier molecular flexibility index (Phi) is 2.70. The molecule has 5 nitrogen and oxygen atoms in total. The lowest BCUT2D eigenvalue weighted by atomic mass is 10.1. The molecule has 1 N–H and O–H groups in total. The zero-order valence-electron chi connectivity index (χ0n) is 8.81. The quantitative estimate of drug-likeness (QED) is 0.815. The third kappa shape index (κ3) is 2.00. The lowest BCUT2D eigenvalue weighted by molar-refractivity contribution is -0.137. The first-order valence-corrected chi connectivity index (χ1v) is 5.30. The van der Waals surface area contributed by atoms with Gasteiger partial charge in [-0.05, 0) is 19.8 Å². The molecule has 0 amide bonds. The predicted molar refractivity (Wildman–Crippen MR) is 53.6 cm³/mol. The number of aliphatic carboxylic acids is 1. The Morgan fingerprint density at radius 2 is 2.13 bits per heavy atom. The standard InChI is InChI=1S/C10H15N3O2/c1-7-11-12-10(8-4-2-3-5-8)13(7)6-9(14)15/h8H,2-6H2,1H3,(H,14,15). The lowest BCUT2D eigenvalue weighted by Crippen LogP contribution is -2.15. The van der Waals surface area contributed by atoms with Crippen LogP contribution in [-0.2, 0) is 11.3 Å². The van der Waals surface area contributed by atoms with Crippen molar-refractivity contribution in [3.05, 3.63) is 11.6 Å². The molecule has 1 aliphatic rings. The van der Waals surface area contributed by atoms with Crippen LogP contribution < -0.4 is 0 Å². The van der Waals surface area contributed by atoms with Crippen LogP contribution in [0.25, 0.3) is 0 Å². The number of aryl methyl sites for hydroxylation is 1. The van der Waals surface area contributed by atoms with Gasteiger partial charge in [0.2, 0.25) is 0 Å². The predicted octanol–water partition coefficient (Wildman–Crippen LogP) is 1.33. The topological polar surface area (TPSA) is 68.0 Å². The van der Waals surface area contributed by atoms with Gasteiger partial charge in [-0.2, -0.15) is 0 Å². The summed E-state index contributed by atoms with van der Waals surface area (Å²) in [6.07, 6.45) is 4.64. The molecule has 5 heteroatoms. The van der Waals surface area contributed by atoms with E-state index in [4.69, 9.17) is 5.11 Å². The van der Waals surface area contributed by atoms with Crippen molar-refractivity contribution in [1.29, 1.82) is 0 Å². The molecule has 1 heterocycles. The largest absolute Gasteiger partial charge is 0.480 e. The summed E-state index contributed by atoms with van der Waals surface area (Å²) in [6.45, 7) is 1.78. The Morgan fingerprint density at radius 3 is 2.73 bits per heavy atom. The molecule has 1 aliphatic carbocycles. The molecule has 0 saturated heterocycles. The van der Waals surface area contributed by atoms with Crippen LogP contribution in [0.3, 0.4) is 0 Å². The zero-order valence-corrected chi connectivity index (χ0v) is 8.81. The summed E-state index contributed by atoms with van der Waals surface area (Å²) in [4.78, 5) is 10.7. The average Bonchev–Trinajstić information content (AvgIpc) is 2.76. The molecular weight excluding hydrogens is 194 g/mol. The summed E-state index contributed by atoms with van der Waals surface area (Å²) in [7, 11) is 0. The molecular formula is C10H15N3O2. The molecule has 1 aromatic heterocycles. The van der Waals surface area contributed by atoms with Crippen molar-refractivity contribution in [3.8, 4) is 0 Å². The van der Waals surface area contributed by atoms with Gasteiger partial charge in [-0.3, -0.25) is 4.79 Å². The van der Waals surface area contributed by atoms with Gasteiger partial charge < -0.3 is 9.67 Å². The minimum atomic E-state index is -0.836. The number of rotatable bonds is 3. The molecule has 0 aliphatic heterocycles. The second-order valence-corrected chi connectivity index (χ2v) is 4.07. The fraction of sp³-hybridized carbons (Fsp3) is 0.700. The van der Waals surface area contributed by atoms with E-state index in [1.807, 2.05) is 0 Å².